The summed E-state index contributed by atoms with van der Waals surface area (Å²) in [5.74, 6) is 0.0752. The third kappa shape index (κ3) is 4.34. The van der Waals surface area contributed by atoms with Gasteiger partial charge in [-0.05, 0) is 62.1 Å². The van der Waals surface area contributed by atoms with E-state index in [-0.39, 0.29) is 18.6 Å². The SMILES string of the molecule is CC(CCCO)NC(=O)Cc1ccc2c(c1)CCCC2. The van der Waals surface area contributed by atoms with E-state index >= 15 is 0 Å². The molecule has 2 rings (SSSR count). The number of benzene rings is 1. The number of amides is 1. The molecule has 3 nitrogen and oxygen atoms in total. The van der Waals surface area contributed by atoms with Gasteiger partial charge in [-0.1, -0.05) is 18.2 Å². The van der Waals surface area contributed by atoms with E-state index in [1.807, 2.05) is 6.92 Å². The van der Waals surface area contributed by atoms with Crippen molar-refractivity contribution in [2.24, 2.45) is 0 Å². The Balaban J connectivity index is 1.88. The Morgan fingerprint density at radius 2 is 2.05 bits per heavy atom. The van der Waals surface area contributed by atoms with Crippen LogP contribution in [0.3, 0.4) is 0 Å². The Morgan fingerprint density at radius 3 is 2.80 bits per heavy atom. The van der Waals surface area contributed by atoms with Gasteiger partial charge in [-0.15, -0.1) is 0 Å². The lowest BCUT2D eigenvalue weighted by Gasteiger charge is -2.17. The van der Waals surface area contributed by atoms with E-state index in [4.69, 9.17) is 5.11 Å². The van der Waals surface area contributed by atoms with Crippen molar-refractivity contribution < 1.29 is 9.90 Å². The molecule has 1 amide bonds. The summed E-state index contributed by atoms with van der Waals surface area (Å²) in [6.45, 7) is 2.17. The second kappa shape index (κ2) is 7.44. The third-order valence-electron chi connectivity index (χ3n) is 3.98. The van der Waals surface area contributed by atoms with Crippen molar-refractivity contribution in [1.82, 2.24) is 5.32 Å². The topological polar surface area (TPSA) is 49.3 Å². The molecule has 1 aromatic carbocycles. The van der Waals surface area contributed by atoms with E-state index < -0.39 is 0 Å². The summed E-state index contributed by atoms with van der Waals surface area (Å²) in [6, 6.07) is 6.60. The lowest BCUT2D eigenvalue weighted by atomic mass is 9.90. The first-order chi connectivity index (χ1) is 9.69. The zero-order chi connectivity index (χ0) is 14.4. The van der Waals surface area contributed by atoms with Gasteiger partial charge in [0.2, 0.25) is 5.91 Å². The number of fused-ring (bicyclic) bond motifs is 1. The van der Waals surface area contributed by atoms with Crippen molar-refractivity contribution in [2.45, 2.75) is 57.9 Å². The van der Waals surface area contributed by atoms with Gasteiger partial charge in [-0.2, -0.15) is 0 Å². The standard InChI is InChI=1S/C17H25NO2/c1-13(5-4-10-19)18-17(20)12-14-8-9-15-6-2-3-7-16(15)11-14/h8-9,11,13,19H,2-7,10,12H2,1H3,(H,18,20). The first-order valence-electron chi connectivity index (χ1n) is 7.70. The van der Waals surface area contributed by atoms with Gasteiger partial charge in [0.1, 0.15) is 0 Å². The zero-order valence-corrected chi connectivity index (χ0v) is 12.3. The molecule has 20 heavy (non-hydrogen) atoms. The van der Waals surface area contributed by atoms with Crippen LogP contribution in [0.1, 0.15) is 49.3 Å². The van der Waals surface area contributed by atoms with Gasteiger partial charge in [-0.3, -0.25) is 4.79 Å². The normalized spacial score (nSPS) is 15.5. The third-order valence-corrected chi connectivity index (χ3v) is 3.98. The summed E-state index contributed by atoms with van der Waals surface area (Å²) in [7, 11) is 0. The van der Waals surface area contributed by atoms with Crippen LogP contribution in [0.4, 0.5) is 0 Å². The van der Waals surface area contributed by atoms with Crippen LogP contribution >= 0.6 is 0 Å². The minimum absolute atomic E-state index is 0.0752. The van der Waals surface area contributed by atoms with Gasteiger partial charge in [0.15, 0.2) is 0 Å². The highest BCUT2D eigenvalue weighted by atomic mass is 16.2. The number of nitrogens with one attached hydrogen (secondary N) is 1. The molecule has 1 unspecified atom stereocenters. The minimum Gasteiger partial charge on any atom is -0.396 e. The maximum atomic E-state index is 12.0. The number of aryl methyl sites for hydroxylation is 2. The summed E-state index contributed by atoms with van der Waals surface area (Å²) >= 11 is 0. The molecule has 2 N–H and O–H groups in total. The predicted molar refractivity (Wildman–Crippen MR) is 80.7 cm³/mol. The average Bonchev–Trinajstić information content (AvgIpc) is 2.44. The van der Waals surface area contributed by atoms with Gasteiger partial charge in [0.05, 0.1) is 6.42 Å². The van der Waals surface area contributed by atoms with Crippen LogP contribution in [-0.4, -0.2) is 23.7 Å². The van der Waals surface area contributed by atoms with E-state index in [1.54, 1.807) is 0 Å². The monoisotopic (exact) mass is 275 g/mol. The fourth-order valence-corrected chi connectivity index (χ4v) is 2.88. The Kier molecular flexibility index (Phi) is 5.60. The molecule has 1 aliphatic rings. The number of carbonyl (C=O) groups excluding carboxylic acids is 1. The van der Waals surface area contributed by atoms with Crippen molar-refractivity contribution in [1.29, 1.82) is 0 Å². The summed E-state index contributed by atoms with van der Waals surface area (Å²) in [5, 5.41) is 11.8. The highest BCUT2D eigenvalue weighted by molar-refractivity contribution is 5.78. The van der Waals surface area contributed by atoms with Crippen molar-refractivity contribution in [3.8, 4) is 0 Å². The molecular formula is C17H25NO2. The van der Waals surface area contributed by atoms with E-state index in [2.05, 4.69) is 23.5 Å². The molecule has 0 radical (unpaired) electrons. The minimum atomic E-state index is 0.0752. The van der Waals surface area contributed by atoms with Gasteiger partial charge >= 0.3 is 0 Å². The van der Waals surface area contributed by atoms with Crippen LogP contribution in [0.15, 0.2) is 18.2 Å². The largest absolute Gasteiger partial charge is 0.396 e. The van der Waals surface area contributed by atoms with Crippen molar-refractivity contribution >= 4 is 5.91 Å². The molecule has 0 aromatic heterocycles. The molecule has 1 atom stereocenters. The fraction of sp³-hybridized carbons (Fsp3) is 0.588. The van der Waals surface area contributed by atoms with E-state index in [1.165, 1.54) is 30.4 Å². The molecule has 1 aliphatic carbocycles. The van der Waals surface area contributed by atoms with Crippen molar-refractivity contribution in [2.75, 3.05) is 6.61 Å². The smallest absolute Gasteiger partial charge is 0.224 e. The molecule has 3 heteroatoms. The molecule has 0 aliphatic heterocycles. The Labute approximate surface area is 121 Å². The molecule has 110 valence electrons. The maximum Gasteiger partial charge on any atom is 0.224 e. The number of aliphatic hydroxyl groups is 1. The van der Waals surface area contributed by atoms with Crippen LogP contribution in [0.25, 0.3) is 0 Å². The second-order valence-electron chi connectivity index (χ2n) is 5.82. The first-order valence-corrected chi connectivity index (χ1v) is 7.70. The number of carbonyl (C=O) groups is 1. The molecule has 0 saturated carbocycles. The fourth-order valence-electron chi connectivity index (χ4n) is 2.88. The maximum absolute atomic E-state index is 12.0. The van der Waals surface area contributed by atoms with Crippen LogP contribution in [0.5, 0.6) is 0 Å². The van der Waals surface area contributed by atoms with Crippen LogP contribution < -0.4 is 5.32 Å². The van der Waals surface area contributed by atoms with Gasteiger partial charge < -0.3 is 10.4 Å². The molecule has 0 bridgehead atoms. The van der Waals surface area contributed by atoms with Gasteiger partial charge in [-0.25, -0.2) is 0 Å². The Hall–Kier alpha value is -1.35. The quantitative estimate of drug-likeness (QED) is 0.837. The lowest BCUT2D eigenvalue weighted by molar-refractivity contribution is -0.121. The second-order valence-corrected chi connectivity index (χ2v) is 5.82. The summed E-state index contributed by atoms with van der Waals surface area (Å²) in [6.07, 6.45) is 6.90. The highest BCUT2D eigenvalue weighted by Crippen LogP contribution is 2.22. The predicted octanol–water partition coefficient (Wildman–Crippen LogP) is 2.39. The highest BCUT2D eigenvalue weighted by Gasteiger charge is 2.12. The molecule has 0 heterocycles. The molecular weight excluding hydrogens is 250 g/mol. The van der Waals surface area contributed by atoms with E-state index in [0.717, 1.165) is 24.8 Å². The number of aliphatic hydroxyl groups excluding tert-OH is 1. The summed E-state index contributed by atoms with van der Waals surface area (Å²) in [4.78, 5) is 12.0. The lowest BCUT2D eigenvalue weighted by Crippen LogP contribution is -2.33. The Bertz CT molecular complexity index is 456. The van der Waals surface area contributed by atoms with E-state index in [0.29, 0.717) is 6.42 Å². The Morgan fingerprint density at radius 1 is 1.30 bits per heavy atom. The number of hydrogen-bond acceptors (Lipinski definition) is 2. The number of hydrogen-bond donors (Lipinski definition) is 2. The van der Waals surface area contributed by atoms with Crippen molar-refractivity contribution in [3.63, 3.8) is 0 Å². The van der Waals surface area contributed by atoms with Crippen LogP contribution in [0.2, 0.25) is 0 Å². The summed E-state index contributed by atoms with van der Waals surface area (Å²) in [5.41, 5.74) is 3.99. The van der Waals surface area contributed by atoms with Gasteiger partial charge in [0.25, 0.3) is 0 Å². The average molecular weight is 275 g/mol. The van der Waals surface area contributed by atoms with Crippen LogP contribution in [-0.2, 0) is 24.1 Å². The molecule has 0 fully saturated rings. The molecule has 0 saturated heterocycles. The molecule has 0 spiro atoms. The van der Waals surface area contributed by atoms with Crippen LogP contribution in [0, 0.1) is 0 Å². The zero-order valence-electron chi connectivity index (χ0n) is 12.3. The van der Waals surface area contributed by atoms with Crippen molar-refractivity contribution in [3.05, 3.63) is 34.9 Å². The number of rotatable bonds is 6. The first kappa shape index (κ1) is 15.0. The molecule has 1 aromatic rings. The van der Waals surface area contributed by atoms with Gasteiger partial charge in [0, 0.05) is 12.6 Å². The summed E-state index contributed by atoms with van der Waals surface area (Å²) < 4.78 is 0. The van der Waals surface area contributed by atoms with E-state index in [9.17, 15) is 4.79 Å².